The maximum Gasteiger partial charge on any atom is 0.273 e. The number of rotatable bonds is 4. The fraction of sp³-hybridized carbons (Fsp3) is 0.278. The van der Waals surface area contributed by atoms with Gasteiger partial charge in [-0.05, 0) is 45.9 Å². The second-order valence-electron chi connectivity index (χ2n) is 5.83. The molecule has 2 aromatic rings. The summed E-state index contributed by atoms with van der Waals surface area (Å²) in [7, 11) is 0. The molecule has 7 nitrogen and oxygen atoms in total. The van der Waals surface area contributed by atoms with Crippen molar-refractivity contribution in [3.63, 3.8) is 0 Å². The van der Waals surface area contributed by atoms with Crippen LogP contribution in [0.5, 0.6) is 0 Å². The van der Waals surface area contributed by atoms with Crippen LogP contribution in [0.15, 0.2) is 34.7 Å². The van der Waals surface area contributed by atoms with E-state index in [-0.39, 0.29) is 5.91 Å². The smallest absolute Gasteiger partial charge is 0.273 e. The molecule has 0 bridgehead atoms. The second kappa shape index (κ2) is 7.65. The topological polar surface area (TPSA) is 100 Å². The van der Waals surface area contributed by atoms with Crippen LogP contribution in [0.4, 0.5) is 0 Å². The number of benzene rings is 1. The van der Waals surface area contributed by atoms with Gasteiger partial charge in [0, 0.05) is 5.56 Å². The third-order valence-electron chi connectivity index (χ3n) is 3.61. The number of nitrogens with one attached hydrogen (secondary N) is 3. The van der Waals surface area contributed by atoms with Gasteiger partial charge in [0.1, 0.15) is 17.6 Å². The van der Waals surface area contributed by atoms with E-state index in [0.29, 0.717) is 22.6 Å². The van der Waals surface area contributed by atoms with Crippen LogP contribution in [0.25, 0.3) is 0 Å². The van der Waals surface area contributed by atoms with Gasteiger partial charge in [-0.1, -0.05) is 17.7 Å². The summed E-state index contributed by atoms with van der Waals surface area (Å²) in [5.74, 6) is -0.316. The molecule has 3 amide bonds. The van der Waals surface area contributed by atoms with Gasteiger partial charge in [-0.25, -0.2) is 0 Å². The predicted molar refractivity (Wildman–Crippen MR) is 91.9 cm³/mol. The standard InChI is InChI=1S/C18H21N3O4/c1-10-6-5-7-14(8-10)17(23)19-12(3)16(22)20-21-18(24)15-9-11(2)25-13(15)4/h5-9,12H,1-4H3,(H,19,23)(H,20,22)(H,21,24)/t12-/m0/s1. The van der Waals surface area contributed by atoms with Crippen molar-refractivity contribution >= 4 is 17.7 Å². The molecular formula is C18H21N3O4. The molecule has 0 unspecified atom stereocenters. The molecule has 7 heteroatoms. The van der Waals surface area contributed by atoms with Gasteiger partial charge < -0.3 is 9.73 Å². The summed E-state index contributed by atoms with van der Waals surface area (Å²) in [5, 5.41) is 2.58. The van der Waals surface area contributed by atoms with Gasteiger partial charge in [0.15, 0.2) is 0 Å². The van der Waals surface area contributed by atoms with Crippen LogP contribution in [-0.4, -0.2) is 23.8 Å². The molecule has 0 spiro atoms. The van der Waals surface area contributed by atoms with Gasteiger partial charge >= 0.3 is 0 Å². The third kappa shape index (κ3) is 4.69. The largest absolute Gasteiger partial charge is 0.466 e. The van der Waals surface area contributed by atoms with Crippen molar-refractivity contribution < 1.29 is 18.8 Å². The number of carbonyl (C=O) groups excluding carboxylic acids is 3. The Bertz CT molecular complexity index is 810. The van der Waals surface area contributed by atoms with Crippen LogP contribution in [0.3, 0.4) is 0 Å². The molecule has 25 heavy (non-hydrogen) atoms. The van der Waals surface area contributed by atoms with Crippen molar-refractivity contribution in [1.82, 2.24) is 16.2 Å². The van der Waals surface area contributed by atoms with E-state index in [9.17, 15) is 14.4 Å². The SMILES string of the molecule is Cc1cccc(C(=O)N[C@@H](C)C(=O)NNC(=O)c2cc(C)oc2C)c1. The third-order valence-corrected chi connectivity index (χ3v) is 3.61. The van der Waals surface area contributed by atoms with Crippen LogP contribution < -0.4 is 16.2 Å². The number of hydrogen-bond donors (Lipinski definition) is 3. The Morgan fingerprint density at radius 1 is 1.00 bits per heavy atom. The van der Waals surface area contributed by atoms with Crippen molar-refractivity contribution in [2.75, 3.05) is 0 Å². The summed E-state index contributed by atoms with van der Waals surface area (Å²) < 4.78 is 5.27. The number of aryl methyl sites for hydroxylation is 3. The summed E-state index contributed by atoms with van der Waals surface area (Å²) in [4.78, 5) is 36.2. The molecule has 0 fully saturated rings. The molecule has 1 heterocycles. The Morgan fingerprint density at radius 3 is 2.32 bits per heavy atom. The molecule has 1 aromatic carbocycles. The average Bonchev–Trinajstić information content (AvgIpc) is 2.90. The van der Waals surface area contributed by atoms with Crippen molar-refractivity contribution in [3.8, 4) is 0 Å². The first-order valence-electron chi connectivity index (χ1n) is 7.82. The summed E-state index contributed by atoms with van der Waals surface area (Å²) >= 11 is 0. The van der Waals surface area contributed by atoms with E-state index < -0.39 is 17.9 Å². The van der Waals surface area contributed by atoms with Gasteiger partial charge in [0.25, 0.3) is 17.7 Å². The lowest BCUT2D eigenvalue weighted by atomic mass is 10.1. The molecule has 0 radical (unpaired) electrons. The number of carbonyl (C=O) groups is 3. The lowest BCUT2D eigenvalue weighted by Gasteiger charge is -2.14. The van der Waals surface area contributed by atoms with E-state index in [4.69, 9.17) is 4.42 Å². The lowest BCUT2D eigenvalue weighted by molar-refractivity contribution is -0.123. The van der Waals surface area contributed by atoms with Crippen LogP contribution in [-0.2, 0) is 4.79 Å². The molecule has 0 saturated carbocycles. The van der Waals surface area contributed by atoms with Crippen LogP contribution in [0, 0.1) is 20.8 Å². The molecule has 132 valence electrons. The molecule has 3 N–H and O–H groups in total. The number of amides is 3. The zero-order valence-electron chi connectivity index (χ0n) is 14.6. The zero-order chi connectivity index (χ0) is 18.6. The van der Waals surface area contributed by atoms with E-state index in [2.05, 4.69) is 16.2 Å². The Labute approximate surface area is 145 Å². The highest BCUT2D eigenvalue weighted by atomic mass is 16.3. The van der Waals surface area contributed by atoms with E-state index in [1.165, 1.54) is 6.92 Å². The number of furan rings is 1. The molecule has 0 saturated heterocycles. The van der Waals surface area contributed by atoms with E-state index >= 15 is 0 Å². The number of hydrogen-bond acceptors (Lipinski definition) is 4. The quantitative estimate of drug-likeness (QED) is 0.737. The highest BCUT2D eigenvalue weighted by molar-refractivity contribution is 5.99. The highest BCUT2D eigenvalue weighted by Gasteiger charge is 2.19. The predicted octanol–water partition coefficient (Wildman–Crippen LogP) is 1.78. The normalized spacial score (nSPS) is 11.5. The zero-order valence-corrected chi connectivity index (χ0v) is 14.6. The van der Waals surface area contributed by atoms with E-state index in [1.807, 2.05) is 13.0 Å². The van der Waals surface area contributed by atoms with Gasteiger partial charge in [-0.3, -0.25) is 25.2 Å². The Balaban J connectivity index is 1.89. The van der Waals surface area contributed by atoms with Crippen molar-refractivity contribution in [2.24, 2.45) is 0 Å². The Morgan fingerprint density at radius 2 is 1.72 bits per heavy atom. The maximum atomic E-state index is 12.1. The molecule has 2 rings (SSSR count). The summed E-state index contributed by atoms with van der Waals surface area (Å²) in [6, 6.07) is 7.80. The molecule has 0 aliphatic rings. The summed E-state index contributed by atoms with van der Waals surface area (Å²) in [5.41, 5.74) is 6.35. The van der Waals surface area contributed by atoms with Crippen LogP contribution in [0.2, 0.25) is 0 Å². The second-order valence-corrected chi connectivity index (χ2v) is 5.83. The van der Waals surface area contributed by atoms with Crippen molar-refractivity contribution in [3.05, 3.63) is 58.5 Å². The minimum atomic E-state index is -0.819. The first-order valence-corrected chi connectivity index (χ1v) is 7.82. The van der Waals surface area contributed by atoms with Crippen molar-refractivity contribution in [2.45, 2.75) is 33.7 Å². The number of hydrazine groups is 1. The van der Waals surface area contributed by atoms with Crippen LogP contribution in [0.1, 0.15) is 44.7 Å². The first kappa shape index (κ1) is 18.3. The van der Waals surface area contributed by atoms with E-state index in [1.54, 1.807) is 38.1 Å². The van der Waals surface area contributed by atoms with Gasteiger partial charge in [-0.2, -0.15) is 0 Å². The molecule has 0 aliphatic carbocycles. The Hall–Kier alpha value is -3.09. The fourth-order valence-corrected chi connectivity index (χ4v) is 2.28. The van der Waals surface area contributed by atoms with Gasteiger partial charge in [-0.15, -0.1) is 0 Å². The summed E-state index contributed by atoms with van der Waals surface area (Å²) in [6.07, 6.45) is 0. The molecule has 1 atom stereocenters. The fourth-order valence-electron chi connectivity index (χ4n) is 2.28. The Kier molecular flexibility index (Phi) is 5.59. The van der Waals surface area contributed by atoms with Crippen LogP contribution >= 0.6 is 0 Å². The first-order chi connectivity index (χ1) is 11.8. The van der Waals surface area contributed by atoms with E-state index in [0.717, 1.165) is 5.56 Å². The van der Waals surface area contributed by atoms with Crippen molar-refractivity contribution in [1.29, 1.82) is 0 Å². The van der Waals surface area contributed by atoms with Gasteiger partial charge in [0.2, 0.25) is 0 Å². The minimum absolute atomic E-state index is 0.342. The lowest BCUT2D eigenvalue weighted by Crippen LogP contribution is -2.51. The highest BCUT2D eigenvalue weighted by Crippen LogP contribution is 2.12. The molecule has 0 aliphatic heterocycles. The average molecular weight is 343 g/mol. The molecular weight excluding hydrogens is 322 g/mol. The monoisotopic (exact) mass is 343 g/mol. The minimum Gasteiger partial charge on any atom is -0.466 e. The molecule has 1 aromatic heterocycles. The summed E-state index contributed by atoms with van der Waals surface area (Å²) in [6.45, 7) is 6.80. The van der Waals surface area contributed by atoms with Gasteiger partial charge in [0.05, 0.1) is 5.56 Å². The maximum absolute atomic E-state index is 12.1.